The van der Waals surface area contributed by atoms with Crippen LogP contribution in [-0.2, 0) is 16.1 Å². The first-order valence-corrected chi connectivity index (χ1v) is 9.37. The van der Waals surface area contributed by atoms with Gasteiger partial charge in [0, 0.05) is 23.1 Å². The van der Waals surface area contributed by atoms with Crippen LogP contribution < -0.4 is 15.1 Å². The predicted molar refractivity (Wildman–Crippen MR) is 110 cm³/mol. The molecule has 0 atom stereocenters. The zero-order chi connectivity index (χ0) is 21.0. The molecule has 0 aliphatic carbocycles. The van der Waals surface area contributed by atoms with Crippen LogP contribution >= 0.6 is 0 Å². The fourth-order valence-electron chi connectivity index (χ4n) is 3.04. The molecule has 3 aromatic rings. The summed E-state index contributed by atoms with van der Waals surface area (Å²) in [4.78, 5) is 24.0. The maximum atomic E-state index is 12.2. The fraction of sp³-hybridized carbons (Fsp3) is 0.304. The van der Waals surface area contributed by atoms with Crippen molar-refractivity contribution in [1.82, 2.24) is 0 Å². The number of ether oxygens (including phenoxy) is 3. The van der Waals surface area contributed by atoms with Gasteiger partial charge >= 0.3 is 11.6 Å². The highest BCUT2D eigenvalue weighted by molar-refractivity contribution is 5.81. The maximum absolute atomic E-state index is 12.2. The van der Waals surface area contributed by atoms with Crippen molar-refractivity contribution in [1.29, 1.82) is 0 Å². The molecule has 2 aromatic carbocycles. The van der Waals surface area contributed by atoms with E-state index in [-0.39, 0.29) is 19.1 Å². The Kier molecular flexibility index (Phi) is 6.22. The van der Waals surface area contributed by atoms with Crippen LogP contribution in [0, 0.1) is 6.92 Å². The summed E-state index contributed by atoms with van der Waals surface area (Å²) in [5, 5.41) is 0.680. The summed E-state index contributed by atoms with van der Waals surface area (Å²) in [7, 11) is 1.53. The van der Waals surface area contributed by atoms with Crippen molar-refractivity contribution in [2.45, 2.75) is 33.3 Å². The second-order valence-electron chi connectivity index (χ2n) is 7.10. The number of hydrogen-bond acceptors (Lipinski definition) is 6. The minimum absolute atomic E-state index is 0.0541. The van der Waals surface area contributed by atoms with Crippen molar-refractivity contribution >= 4 is 16.9 Å². The lowest BCUT2D eigenvalue weighted by molar-refractivity contribution is -0.147. The lowest BCUT2D eigenvalue weighted by Gasteiger charge is -2.14. The summed E-state index contributed by atoms with van der Waals surface area (Å²) < 4.78 is 21.4. The number of fused-ring (bicyclic) bond motifs is 1. The highest BCUT2D eigenvalue weighted by Crippen LogP contribution is 2.27. The van der Waals surface area contributed by atoms with Gasteiger partial charge in [0.15, 0.2) is 6.61 Å². The second-order valence-corrected chi connectivity index (χ2v) is 7.10. The number of esters is 1. The van der Waals surface area contributed by atoms with Crippen molar-refractivity contribution in [3.8, 4) is 11.5 Å². The molecule has 0 unspecified atom stereocenters. The van der Waals surface area contributed by atoms with Gasteiger partial charge in [-0.1, -0.05) is 26.0 Å². The molecule has 0 fully saturated rings. The molecule has 0 aliphatic heterocycles. The van der Waals surface area contributed by atoms with E-state index in [1.54, 1.807) is 18.2 Å². The van der Waals surface area contributed by atoms with E-state index in [1.807, 2.05) is 25.1 Å². The third-order valence-electron chi connectivity index (χ3n) is 4.56. The van der Waals surface area contributed by atoms with E-state index in [0.29, 0.717) is 28.0 Å². The lowest BCUT2D eigenvalue weighted by atomic mass is 10.0. The Hall–Kier alpha value is -3.28. The monoisotopic (exact) mass is 396 g/mol. The van der Waals surface area contributed by atoms with Crippen molar-refractivity contribution < 1.29 is 23.4 Å². The zero-order valence-corrected chi connectivity index (χ0v) is 17.0. The third-order valence-corrected chi connectivity index (χ3v) is 4.56. The summed E-state index contributed by atoms with van der Waals surface area (Å²) in [5.41, 5.74) is 2.50. The number of carbonyl (C=O) groups excluding carboxylic acids is 1. The van der Waals surface area contributed by atoms with E-state index >= 15 is 0 Å². The number of rotatable bonds is 7. The van der Waals surface area contributed by atoms with Crippen LogP contribution in [0.15, 0.2) is 51.7 Å². The van der Waals surface area contributed by atoms with E-state index in [0.717, 1.165) is 11.1 Å². The van der Waals surface area contributed by atoms with Crippen LogP contribution in [0.5, 0.6) is 11.5 Å². The molecule has 0 bridgehead atoms. The minimum atomic E-state index is -0.519. The minimum Gasteiger partial charge on any atom is -0.497 e. The van der Waals surface area contributed by atoms with Crippen LogP contribution in [-0.4, -0.2) is 19.7 Å². The van der Waals surface area contributed by atoms with Gasteiger partial charge in [-0.3, -0.25) is 0 Å². The van der Waals surface area contributed by atoms with Gasteiger partial charge in [-0.2, -0.15) is 0 Å². The molecule has 3 rings (SSSR count). The molecule has 29 heavy (non-hydrogen) atoms. The van der Waals surface area contributed by atoms with Crippen molar-refractivity contribution in [3.05, 3.63) is 69.6 Å². The van der Waals surface area contributed by atoms with E-state index in [9.17, 15) is 9.59 Å². The molecule has 0 radical (unpaired) electrons. The molecule has 0 aliphatic rings. The Morgan fingerprint density at radius 1 is 1.10 bits per heavy atom. The molecule has 1 heterocycles. The van der Waals surface area contributed by atoms with Crippen LogP contribution in [0.1, 0.15) is 36.5 Å². The number of benzene rings is 2. The topological polar surface area (TPSA) is 75.0 Å². The Labute approximate surface area is 169 Å². The number of methoxy groups -OCH3 is 1. The number of hydrogen-bond donors (Lipinski definition) is 0. The quantitative estimate of drug-likeness (QED) is 0.436. The Bertz CT molecular complexity index is 1080. The molecule has 6 heteroatoms. The van der Waals surface area contributed by atoms with Gasteiger partial charge in [0.05, 0.1) is 7.11 Å². The van der Waals surface area contributed by atoms with Gasteiger partial charge in [-0.15, -0.1) is 0 Å². The highest BCUT2D eigenvalue weighted by atomic mass is 16.6. The van der Waals surface area contributed by atoms with Crippen LogP contribution in [0.25, 0.3) is 11.0 Å². The normalized spacial score (nSPS) is 10.9. The molecular formula is C23H24O6. The van der Waals surface area contributed by atoms with Gasteiger partial charge in [-0.05, 0) is 42.2 Å². The summed E-state index contributed by atoms with van der Waals surface area (Å²) in [6, 6.07) is 12.4. The molecular weight excluding hydrogens is 372 g/mol. The summed E-state index contributed by atoms with van der Waals surface area (Å²) in [6.07, 6.45) is 0. The smallest absolute Gasteiger partial charge is 0.344 e. The first-order chi connectivity index (χ1) is 13.9. The molecule has 1 aromatic heterocycles. The van der Waals surface area contributed by atoms with Crippen LogP contribution in [0.2, 0.25) is 0 Å². The maximum Gasteiger partial charge on any atom is 0.344 e. The molecule has 0 saturated carbocycles. The fourth-order valence-corrected chi connectivity index (χ4v) is 3.04. The first kappa shape index (κ1) is 20.5. The molecule has 0 N–H and O–H groups in total. The van der Waals surface area contributed by atoms with Gasteiger partial charge < -0.3 is 18.6 Å². The van der Waals surface area contributed by atoms with Gasteiger partial charge in [0.1, 0.15) is 23.7 Å². The van der Waals surface area contributed by atoms with Gasteiger partial charge in [-0.25, -0.2) is 9.59 Å². The van der Waals surface area contributed by atoms with E-state index < -0.39 is 11.6 Å². The molecule has 152 valence electrons. The van der Waals surface area contributed by atoms with Crippen LogP contribution in [0.4, 0.5) is 0 Å². The number of aryl methyl sites for hydroxylation is 1. The average Bonchev–Trinajstić information content (AvgIpc) is 2.69. The Morgan fingerprint density at radius 3 is 2.62 bits per heavy atom. The standard InChI is InChI=1S/C23H24O6/c1-14(2)18-7-5-15(3)9-20(18)27-13-23(25)28-12-16-10-22(24)29-21-11-17(26-4)6-8-19(16)21/h5-11,14H,12-13H2,1-4H3. The first-order valence-electron chi connectivity index (χ1n) is 9.37. The van der Waals surface area contributed by atoms with E-state index in [1.165, 1.54) is 13.2 Å². The Balaban J connectivity index is 1.69. The summed E-state index contributed by atoms with van der Waals surface area (Å²) in [5.74, 6) is 1.00. The average molecular weight is 396 g/mol. The van der Waals surface area contributed by atoms with Crippen molar-refractivity contribution in [2.24, 2.45) is 0 Å². The summed E-state index contributed by atoms with van der Waals surface area (Å²) >= 11 is 0. The third kappa shape index (κ3) is 4.96. The largest absolute Gasteiger partial charge is 0.497 e. The van der Waals surface area contributed by atoms with E-state index in [2.05, 4.69) is 13.8 Å². The van der Waals surface area contributed by atoms with Crippen LogP contribution in [0.3, 0.4) is 0 Å². The molecule has 0 spiro atoms. The molecule has 0 amide bonds. The van der Waals surface area contributed by atoms with Crippen molar-refractivity contribution in [2.75, 3.05) is 13.7 Å². The summed E-state index contributed by atoms with van der Waals surface area (Å²) in [6.45, 7) is 5.84. The van der Waals surface area contributed by atoms with Gasteiger partial charge in [0.2, 0.25) is 0 Å². The van der Waals surface area contributed by atoms with Gasteiger partial charge in [0.25, 0.3) is 0 Å². The number of carbonyl (C=O) groups is 1. The second kappa shape index (κ2) is 8.82. The van der Waals surface area contributed by atoms with E-state index in [4.69, 9.17) is 18.6 Å². The lowest BCUT2D eigenvalue weighted by Crippen LogP contribution is -2.16. The highest BCUT2D eigenvalue weighted by Gasteiger charge is 2.13. The molecule has 0 saturated heterocycles. The zero-order valence-electron chi connectivity index (χ0n) is 17.0. The predicted octanol–water partition coefficient (Wildman–Crippen LogP) is 4.36. The SMILES string of the molecule is COc1ccc2c(COC(=O)COc3cc(C)ccc3C(C)C)cc(=O)oc2c1. The Morgan fingerprint density at radius 2 is 1.90 bits per heavy atom. The van der Waals surface area contributed by atoms with Crippen molar-refractivity contribution in [3.63, 3.8) is 0 Å². The molecule has 6 nitrogen and oxygen atoms in total.